The number of aliphatic carboxylic acids is 1. The van der Waals surface area contributed by atoms with Crippen molar-refractivity contribution in [3.8, 4) is 0 Å². The van der Waals surface area contributed by atoms with E-state index in [1.54, 1.807) is 0 Å². The first kappa shape index (κ1) is 14.9. The van der Waals surface area contributed by atoms with Gasteiger partial charge in [-0.15, -0.1) is 11.8 Å². The number of carbonyl (C=O) groups excluding carboxylic acids is 1. The number of carboxylic acids is 1. The molecule has 0 aromatic carbocycles. The summed E-state index contributed by atoms with van der Waals surface area (Å²) < 4.78 is 35.5. The van der Waals surface area contributed by atoms with Crippen LogP contribution in [0, 0.1) is 0 Å². The normalized spacial score (nSPS) is 19.9. The van der Waals surface area contributed by atoms with Gasteiger partial charge in [0.15, 0.2) is 0 Å². The Morgan fingerprint density at radius 1 is 1.44 bits per heavy atom. The predicted molar refractivity (Wildman–Crippen MR) is 59.3 cm³/mol. The smallest absolute Gasteiger partial charge is 0.389 e. The number of halogens is 3. The summed E-state index contributed by atoms with van der Waals surface area (Å²) in [5.74, 6) is -0.571. The standard InChI is InChI=1S/C9H13F3N2O3S/c10-9(11,12)2-1-3-13-8(17)14-5-18-4-6(14)7(15)16/h6H,1-5H2,(H,13,17)(H,15,16)/t6-/m0/s1. The SMILES string of the molecule is O=C(O)[C@@H]1CSCN1C(=O)NCCCC(F)(F)F. The molecule has 1 fully saturated rings. The summed E-state index contributed by atoms with van der Waals surface area (Å²) in [4.78, 5) is 23.4. The monoisotopic (exact) mass is 286 g/mol. The maximum absolute atomic E-state index is 11.8. The second kappa shape index (κ2) is 6.17. The van der Waals surface area contributed by atoms with Gasteiger partial charge in [-0.2, -0.15) is 13.2 Å². The lowest BCUT2D eigenvalue weighted by Crippen LogP contribution is -2.47. The van der Waals surface area contributed by atoms with Gasteiger partial charge in [0.05, 0.1) is 5.88 Å². The fourth-order valence-corrected chi connectivity index (χ4v) is 2.58. The lowest BCUT2D eigenvalue weighted by atomic mass is 10.3. The number of amides is 2. The van der Waals surface area contributed by atoms with Crippen LogP contribution in [0.3, 0.4) is 0 Å². The van der Waals surface area contributed by atoms with Gasteiger partial charge in [0, 0.05) is 18.7 Å². The van der Waals surface area contributed by atoms with Crippen LogP contribution in [-0.2, 0) is 4.79 Å². The Labute approximate surface area is 106 Å². The molecule has 0 aromatic heterocycles. The number of alkyl halides is 3. The average molecular weight is 286 g/mol. The van der Waals surface area contributed by atoms with Gasteiger partial charge in [0.25, 0.3) is 0 Å². The first-order chi connectivity index (χ1) is 8.31. The van der Waals surface area contributed by atoms with Crippen molar-refractivity contribution in [1.29, 1.82) is 0 Å². The van der Waals surface area contributed by atoms with Crippen molar-refractivity contribution in [3.05, 3.63) is 0 Å². The van der Waals surface area contributed by atoms with E-state index in [0.29, 0.717) is 5.75 Å². The summed E-state index contributed by atoms with van der Waals surface area (Å²) in [6.45, 7) is -0.119. The molecule has 0 radical (unpaired) electrons. The Morgan fingerprint density at radius 3 is 2.67 bits per heavy atom. The van der Waals surface area contributed by atoms with E-state index in [4.69, 9.17) is 5.11 Å². The van der Waals surface area contributed by atoms with Gasteiger partial charge >= 0.3 is 18.2 Å². The van der Waals surface area contributed by atoms with Crippen LogP contribution in [0.4, 0.5) is 18.0 Å². The second-order valence-corrected chi connectivity index (χ2v) is 4.77. The molecule has 1 aliphatic heterocycles. The predicted octanol–water partition coefficient (Wildman–Crippen LogP) is 1.50. The number of rotatable bonds is 4. The van der Waals surface area contributed by atoms with Crippen LogP contribution in [-0.4, -0.2) is 52.4 Å². The molecule has 2 N–H and O–H groups in total. The van der Waals surface area contributed by atoms with Crippen molar-refractivity contribution in [2.45, 2.75) is 25.1 Å². The summed E-state index contributed by atoms with van der Waals surface area (Å²) in [7, 11) is 0. The van der Waals surface area contributed by atoms with Crippen molar-refractivity contribution in [3.63, 3.8) is 0 Å². The van der Waals surface area contributed by atoms with E-state index < -0.39 is 30.6 Å². The Bertz CT molecular complexity index is 325. The Balaban J connectivity index is 2.30. The van der Waals surface area contributed by atoms with E-state index in [1.165, 1.54) is 11.8 Å². The summed E-state index contributed by atoms with van der Waals surface area (Å²) in [6, 6.07) is -1.54. The molecule has 1 aliphatic rings. The largest absolute Gasteiger partial charge is 0.480 e. The van der Waals surface area contributed by atoms with Crippen LogP contribution in [0.1, 0.15) is 12.8 Å². The highest BCUT2D eigenvalue weighted by Gasteiger charge is 2.34. The minimum Gasteiger partial charge on any atom is -0.480 e. The van der Waals surface area contributed by atoms with Gasteiger partial charge in [-0.3, -0.25) is 0 Å². The van der Waals surface area contributed by atoms with Crippen molar-refractivity contribution in [1.82, 2.24) is 10.2 Å². The molecule has 0 aromatic rings. The van der Waals surface area contributed by atoms with Crippen LogP contribution in [0.5, 0.6) is 0 Å². The topological polar surface area (TPSA) is 69.6 Å². The highest BCUT2D eigenvalue weighted by molar-refractivity contribution is 7.99. The molecule has 1 saturated heterocycles. The van der Waals surface area contributed by atoms with Crippen LogP contribution in [0.2, 0.25) is 0 Å². The first-order valence-electron chi connectivity index (χ1n) is 5.23. The second-order valence-electron chi connectivity index (χ2n) is 3.77. The maximum atomic E-state index is 11.8. The number of thioether (sulfide) groups is 1. The summed E-state index contributed by atoms with van der Waals surface area (Å²) in [5.41, 5.74) is 0. The van der Waals surface area contributed by atoms with Crippen LogP contribution in [0.15, 0.2) is 0 Å². The molecular weight excluding hydrogens is 273 g/mol. The molecule has 0 saturated carbocycles. The fourth-order valence-electron chi connectivity index (χ4n) is 1.43. The zero-order chi connectivity index (χ0) is 13.8. The third kappa shape index (κ3) is 4.63. The van der Waals surface area contributed by atoms with E-state index in [1.807, 2.05) is 0 Å². The summed E-state index contributed by atoms with van der Waals surface area (Å²) in [5, 5.41) is 11.1. The Hall–Kier alpha value is -1.12. The molecular formula is C9H13F3N2O3S. The molecule has 0 bridgehead atoms. The van der Waals surface area contributed by atoms with Gasteiger partial charge in [-0.1, -0.05) is 0 Å². The first-order valence-corrected chi connectivity index (χ1v) is 6.38. The Kier molecular flexibility index (Phi) is 5.12. The molecule has 0 aliphatic carbocycles. The molecule has 5 nitrogen and oxygen atoms in total. The number of hydrogen-bond acceptors (Lipinski definition) is 3. The van der Waals surface area contributed by atoms with E-state index in [0.717, 1.165) is 4.90 Å². The molecule has 1 rings (SSSR count). The molecule has 2 amide bonds. The number of carboxylic acid groups (broad SMARTS) is 1. The number of nitrogens with one attached hydrogen (secondary N) is 1. The zero-order valence-electron chi connectivity index (χ0n) is 9.37. The van der Waals surface area contributed by atoms with Gasteiger partial charge in [-0.25, -0.2) is 9.59 Å². The number of carbonyl (C=O) groups is 2. The van der Waals surface area contributed by atoms with E-state index in [9.17, 15) is 22.8 Å². The quantitative estimate of drug-likeness (QED) is 0.768. The average Bonchev–Trinajstić information content (AvgIpc) is 2.71. The van der Waals surface area contributed by atoms with Crippen molar-refractivity contribution in [2.75, 3.05) is 18.2 Å². The molecule has 0 unspecified atom stereocenters. The van der Waals surface area contributed by atoms with Gasteiger partial charge in [0.1, 0.15) is 6.04 Å². The van der Waals surface area contributed by atoms with Crippen LogP contribution in [0.25, 0.3) is 0 Å². The summed E-state index contributed by atoms with van der Waals surface area (Å²) >= 11 is 1.29. The molecule has 104 valence electrons. The highest BCUT2D eigenvalue weighted by Crippen LogP contribution is 2.22. The number of nitrogens with zero attached hydrogens (tertiary/aromatic N) is 1. The lowest BCUT2D eigenvalue weighted by molar-refractivity contribution is -0.140. The number of urea groups is 1. The van der Waals surface area contributed by atoms with Gasteiger partial charge < -0.3 is 15.3 Å². The van der Waals surface area contributed by atoms with E-state index in [-0.39, 0.29) is 18.8 Å². The van der Waals surface area contributed by atoms with Crippen LogP contribution < -0.4 is 5.32 Å². The van der Waals surface area contributed by atoms with E-state index >= 15 is 0 Å². The fraction of sp³-hybridized carbons (Fsp3) is 0.778. The third-order valence-corrected chi connectivity index (χ3v) is 3.35. The maximum Gasteiger partial charge on any atom is 0.389 e. The molecule has 9 heteroatoms. The summed E-state index contributed by atoms with van der Waals surface area (Å²) in [6.07, 6.45) is -5.42. The molecule has 1 heterocycles. The zero-order valence-corrected chi connectivity index (χ0v) is 10.2. The number of hydrogen-bond donors (Lipinski definition) is 2. The highest BCUT2D eigenvalue weighted by atomic mass is 32.2. The van der Waals surface area contributed by atoms with Crippen molar-refractivity contribution >= 4 is 23.8 Å². The van der Waals surface area contributed by atoms with Gasteiger partial charge in [0.2, 0.25) is 0 Å². The van der Waals surface area contributed by atoms with Crippen molar-refractivity contribution < 1.29 is 27.9 Å². The third-order valence-electron chi connectivity index (χ3n) is 2.34. The van der Waals surface area contributed by atoms with E-state index in [2.05, 4.69) is 5.32 Å². The minimum absolute atomic E-state index is 0.119. The molecule has 18 heavy (non-hydrogen) atoms. The van der Waals surface area contributed by atoms with Crippen molar-refractivity contribution in [2.24, 2.45) is 0 Å². The van der Waals surface area contributed by atoms with Crippen LogP contribution >= 0.6 is 11.8 Å². The van der Waals surface area contributed by atoms with Gasteiger partial charge in [-0.05, 0) is 6.42 Å². The lowest BCUT2D eigenvalue weighted by Gasteiger charge is -2.20. The minimum atomic E-state index is -4.24. The Morgan fingerprint density at radius 2 is 2.11 bits per heavy atom. The molecule has 1 atom stereocenters. The molecule has 0 spiro atoms.